The summed E-state index contributed by atoms with van der Waals surface area (Å²) in [5.74, 6) is 0.959. The number of amides is 1. The van der Waals surface area contributed by atoms with E-state index in [9.17, 15) is 4.79 Å². The van der Waals surface area contributed by atoms with Crippen molar-refractivity contribution in [3.63, 3.8) is 0 Å². The predicted molar refractivity (Wildman–Crippen MR) is 102 cm³/mol. The molecule has 0 bridgehead atoms. The lowest BCUT2D eigenvalue weighted by molar-refractivity contribution is -0.118. The maximum Gasteiger partial charge on any atom is 0.219 e. The van der Waals surface area contributed by atoms with E-state index < -0.39 is 0 Å². The Morgan fingerprint density at radius 3 is 2.72 bits per heavy atom. The largest absolute Gasteiger partial charge is 0.437 e. The van der Waals surface area contributed by atoms with E-state index in [0.29, 0.717) is 29.2 Å². The second kappa shape index (κ2) is 9.08. The zero-order chi connectivity index (χ0) is 18.2. The van der Waals surface area contributed by atoms with Crippen LogP contribution in [-0.4, -0.2) is 23.5 Å². The van der Waals surface area contributed by atoms with Gasteiger partial charge in [-0.25, -0.2) is 4.98 Å². The number of benzene rings is 1. The van der Waals surface area contributed by atoms with Crippen LogP contribution in [0.15, 0.2) is 42.6 Å². The molecule has 1 heterocycles. The van der Waals surface area contributed by atoms with E-state index in [1.165, 1.54) is 6.92 Å². The fourth-order valence-corrected chi connectivity index (χ4v) is 2.29. The first-order chi connectivity index (χ1) is 11.9. The van der Waals surface area contributed by atoms with Crippen LogP contribution in [0.2, 0.25) is 5.02 Å². The number of pyridine rings is 1. The molecule has 0 fully saturated rings. The number of halogens is 1. The van der Waals surface area contributed by atoms with Crippen LogP contribution in [0.5, 0.6) is 11.6 Å². The SMILES string of the molecule is CC(=O)NC/C=C/c1ccc(Oc2ccc(NC(C)C)cc2Cl)nc1. The van der Waals surface area contributed by atoms with Gasteiger partial charge < -0.3 is 15.4 Å². The molecule has 0 saturated carbocycles. The number of nitrogens with zero attached hydrogens (tertiary/aromatic N) is 1. The summed E-state index contributed by atoms with van der Waals surface area (Å²) < 4.78 is 5.73. The number of hydrogen-bond donors (Lipinski definition) is 2. The minimum absolute atomic E-state index is 0.0574. The van der Waals surface area contributed by atoms with E-state index in [1.54, 1.807) is 12.3 Å². The summed E-state index contributed by atoms with van der Waals surface area (Å²) in [7, 11) is 0. The van der Waals surface area contributed by atoms with Crippen LogP contribution < -0.4 is 15.4 Å². The second-order valence-corrected chi connectivity index (χ2v) is 6.22. The van der Waals surface area contributed by atoms with Gasteiger partial charge >= 0.3 is 0 Å². The van der Waals surface area contributed by atoms with Gasteiger partial charge in [0.15, 0.2) is 0 Å². The Balaban J connectivity index is 1.98. The maximum atomic E-state index is 10.8. The molecule has 0 radical (unpaired) electrons. The number of ether oxygens (including phenoxy) is 1. The van der Waals surface area contributed by atoms with Crippen molar-refractivity contribution in [2.24, 2.45) is 0 Å². The van der Waals surface area contributed by atoms with Crippen LogP contribution >= 0.6 is 11.6 Å². The number of aromatic nitrogens is 1. The molecular formula is C19H22ClN3O2. The van der Waals surface area contributed by atoms with Gasteiger partial charge in [-0.05, 0) is 43.7 Å². The Morgan fingerprint density at radius 2 is 2.12 bits per heavy atom. The summed E-state index contributed by atoms with van der Waals surface area (Å²) in [5, 5.41) is 6.50. The molecule has 1 aromatic carbocycles. The summed E-state index contributed by atoms with van der Waals surface area (Å²) in [4.78, 5) is 15.1. The van der Waals surface area contributed by atoms with Gasteiger partial charge in [0.05, 0.1) is 5.02 Å². The lowest BCUT2D eigenvalue weighted by Gasteiger charge is -2.12. The molecule has 2 aromatic rings. The monoisotopic (exact) mass is 359 g/mol. The molecule has 2 N–H and O–H groups in total. The van der Waals surface area contributed by atoms with Crippen LogP contribution in [-0.2, 0) is 4.79 Å². The van der Waals surface area contributed by atoms with Crippen LogP contribution in [0.1, 0.15) is 26.3 Å². The molecule has 0 atom stereocenters. The average molecular weight is 360 g/mol. The van der Waals surface area contributed by atoms with Crippen molar-refractivity contribution >= 4 is 29.3 Å². The molecule has 0 saturated heterocycles. The van der Waals surface area contributed by atoms with E-state index in [4.69, 9.17) is 16.3 Å². The molecule has 6 heteroatoms. The molecule has 0 aliphatic rings. The maximum absolute atomic E-state index is 10.8. The van der Waals surface area contributed by atoms with Gasteiger partial charge in [-0.15, -0.1) is 0 Å². The third-order valence-corrected chi connectivity index (χ3v) is 3.44. The fraction of sp³-hybridized carbons (Fsp3) is 0.263. The number of hydrogen-bond acceptors (Lipinski definition) is 4. The van der Waals surface area contributed by atoms with Crippen molar-refractivity contribution in [1.29, 1.82) is 0 Å². The summed E-state index contributed by atoms with van der Waals surface area (Å²) >= 11 is 6.27. The van der Waals surface area contributed by atoms with E-state index in [1.807, 2.05) is 36.4 Å². The van der Waals surface area contributed by atoms with Crippen LogP contribution in [0.25, 0.3) is 6.08 Å². The van der Waals surface area contributed by atoms with E-state index in [2.05, 4.69) is 29.5 Å². The number of nitrogens with one attached hydrogen (secondary N) is 2. The highest BCUT2D eigenvalue weighted by Gasteiger charge is 2.06. The molecule has 1 aromatic heterocycles. The van der Waals surface area contributed by atoms with E-state index >= 15 is 0 Å². The Labute approximate surface area is 153 Å². The smallest absolute Gasteiger partial charge is 0.219 e. The Morgan fingerprint density at radius 1 is 1.32 bits per heavy atom. The average Bonchev–Trinajstić information content (AvgIpc) is 2.55. The summed E-state index contributed by atoms with van der Waals surface area (Å²) in [6.45, 7) is 6.10. The van der Waals surface area contributed by atoms with Gasteiger partial charge in [0.1, 0.15) is 5.75 Å². The second-order valence-electron chi connectivity index (χ2n) is 5.82. The quantitative estimate of drug-likeness (QED) is 0.764. The first kappa shape index (κ1) is 18.8. The standard InChI is InChI=1S/C19H22ClN3O2/c1-13(2)23-16-7-8-18(17(20)11-16)25-19-9-6-15(12-22-19)5-4-10-21-14(3)24/h4-9,11-13,23H,10H2,1-3H3,(H,21,24)/b5-4+. The van der Waals surface area contributed by atoms with Gasteiger partial charge in [-0.2, -0.15) is 0 Å². The molecule has 132 valence electrons. The van der Waals surface area contributed by atoms with Gasteiger partial charge in [0.25, 0.3) is 0 Å². The highest BCUT2D eigenvalue weighted by Crippen LogP contribution is 2.31. The molecule has 1 amide bonds. The fourth-order valence-electron chi connectivity index (χ4n) is 2.07. The summed E-state index contributed by atoms with van der Waals surface area (Å²) in [6.07, 6.45) is 5.44. The normalized spacial score (nSPS) is 10.9. The lowest BCUT2D eigenvalue weighted by Crippen LogP contribution is -2.19. The van der Waals surface area contributed by atoms with E-state index in [0.717, 1.165) is 11.3 Å². The highest BCUT2D eigenvalue weighted by atomic mass is 35.5. The molecular weight excluding hydrogens is 338 g/mol. The van der Waals surface area contributed by atoms with Gasteiger partial charge in [0.2, 0.25) is 11.8 Å². The minimum atomic E-state index is -0.0574. The Hall–Kier alpha value is -2.53. The predicted octanol–water partition coefficient (Wildman–Crippen LogP) is 4.50. The molecule has 25 heavy (non-hydrogen) atoms. The van der Waals surface area contributed by atoms with Crippen LogP contribution in [0.4, 0.5) is 5.69 Å². The molecule has 0 spiro atoms. The first-order valence-corrected chi connectivity index (χ1v) is 8.43. The molecule has 0 unspecified atom stereocenters. The Bertz CT molecular complexity index is 743. The molecule has 0 aliphatic carbocycles. The zero-order valence-electron chi connectivity index (χ0n) is 14.5. The van der Waals surface area contributed by atoms with Gasteiger partial charge in [-0.1, -0.05) is 23.8 Å². The minimum Gasteiger partial charge on any atom is -0.437 e. The number of carbonyl (C=O) groups excluding carboxylic acids is 1. The molecule has 2 rings (SSSR count). The summed E-state index contributed by atoms with van der Waals surface area (Å²) in [5.41, 5.74) is 1.86. The zero-order valence-corrected chi connectivity index (χ0v) is 15.3. The van der Waals surface area contributed by atoms with Gasteiger partial charge in [0, 0.05) is 37.5 Å². The molecule has 0 aliphatic heterocycles. The van der Waals surface area contributed by atoms with Crippen molar-refractivity contribution in [1.82, 2.24) is 10.3 Å². The van der Waals surface area contributed by atoms with Crippen molar-refractivity contribution in [2.75, 3.05) is 11.9 Å². The van der Waals surface area contributed by atoms with Gasteiger partial charge in [-0.3, -0.25) is 4.79 Å². The van der Waals surface area contributed by atoms with Crippen molar-refractivity contribution < 1.29 is 9.53 Å². The third kappa shape index (κ3) is 6.47. The van der Waals surface area contributed by atoms with Crippen LogP contribution in [0, 0.1) is 0 Å². The van der Waals surface area contributed by atoms with E-state index in [-0.39, 0.29) is 5.91 Å². The van der Waals surface area contributed by atoms with Crippen molar-refractivity contribution in [2.45, 2.75) is 26.8 Å². The lowest BCUT2D eigenvalue weighted by atomic mass is 10.2. The van der Waals surface area contributed by atoms with Crippen molar-refractivity contribution in [3.8, 4) is 11.6 Å². The first-order valence-electron chi connectivity index (χ1n) is 8.05. The molecule has 5 nitrogen and oxygen atoms in total. The third-order valence-electron chi connectivity index (χ3n) is 3.14. The topological polar surface area (TPSA) is 63.2 Å². The number of rotatable bonds is 7. The van der Waals surface area contributed by atoms with Crippen LogP contribution in [0.3, 0.4) is 0 Å². The Kier molecular flexibility index (Phi) is 6.83. The van der Waals surface area contributed by atoms with Crippen molar-refractivity contribution in [3.05, 3.63) is 53.2 Å². The highest BCUT2D eigenvalue weighted by molar-refractivity contribution is 6.32. The summed E-state index contributed by atoms with van der Waals surface area (Å²) in [6, 6.07) is 9.55. The number of anilines is 1. The number of carbonyl (C=O) groups is 1.